The van der Waals surface area contributed by atoms with Gasteiger partial charge in [-0.2, -0.15) is 5.10 Å². The van der Waals surface area contributed by atoms with Gasteiger partial charge >= 0.3 is 0 Å². The second-order valence-electron chi connectivity index (χ2n) is 5.10. The van der Waals surface area contributed by atoms with Crippen LogP contribution in [0.25, 0.3) is 0 Å². The minimum absolute atomic E-state index is 0.120. The topological polar surface area (TPSA) is 70.3 Å². The molecule has 102 valence electrons. The summed E-state index contributed by atoms with van der Waals surface area (Å²) in [6, 6.07) is 0. The SMILES string of the molecule is OCCn1cc(CNCC2CCCC2CO)cn1. The van der Waals surface area contributed by atoms with Gasteiger partial charge < -0.3 is 15.5 Å². The van der Waals surface area contributed by atoms with E-state index in [2.05, 4.69) is 10.4 Å². The van der Waals surface area contributed by atoms with Crippen molar-refractivity contribution in [3.8, 4) is 0 Å². The van der Waals surface area contributed by atoms with Crippen molar-refractivity contribution >= 4 is 0 Å². The summed E-state index contributed by atoms with van der Waals surface area (Å²) in [4.78, 5) is 0. The van der Waals surface area contributed by atoms with E-state index in [4.69, 9.17) is 5.11 Å². The summed E-state index contributed by atoms with van der Waals surface area (Å²) in [5.74, 6) is 1.09. The Labute approximate surface area is 108 Å². The maximum atomic E-state index is 9.25. The van der Waals surface area contributed by atoms with Gasteiger partial charge in [0, 0.05) is 24.9 Å². The molecule has 1 aromatic rings. The Hall–Kier alpha value is -0.910. The van der Waals surface area contributed by atoms with Crippen molar-refractivity contribution < 1.29 is 10.2 Å². The Bertz CT molecular complexity index is 354. The molecule has 2 unspecified atom stereocenters. The van der Waals surface area contributed by atoms with Crippen molar-refractivity contribution in [1.82, 2.24) is 15.1 Å². The van der Waals surface area contributed by atoms with Gasteiger partial charge in [-0.3, -0.25) is 4.68 Å². The van der Waals surface area contributed by atoms with Gasteiger partial charge in [-0.1, -0.05) is 6.42 Å². The van der Waals surface area contributed by atoms with E-state index in [0.29, 0.717) is 25.0 Å². The molecule has 5 nitrogen and oxygen atoms in total. The lowest BCUT2D eigenvalue weighted by Crippen LogP contribution is -2.26. The summed E-state index contributed by atoms with van der Waals surface area (Å²) in [5.41, 5.74) is 1.14. The Morgan fingerprint density at radius 1 is 1.33 bits per heavy atom. The molecular formula is C13H23N3O2. The molecule has 1 aliphatic rings. The van der Waals surface area contributed by atoms with Crippen LogP contribution in [0.2, 0.25) is 0 Å². The first-order valence-electron chi connectivity index (χ1n) is 6.77. The van der Waals surface area contributed by atoms with Gasteiger partial charge in [0.15, 0.2) is 0 Å². The fourth-order valence-electron chi connectivity index (χ4n) is 2.75. The molecule has 3 N–H and O–H groups in total. The van der Waals surface area contributed by atoms with Crippen molar-refractivity contribution in [3.63, 3.8) is 0 Å². The van der Waals surface area contributed by atoms with E-state index < -0.39 is 0 Å². The lowest BCUT2D eigenvalue weighted by atomic mass is 9.97. The highest BCUT2D eigenvalue weighted by Crippen LogP contribution is 2.30. The minimum atomic E-state index is 0.120. The Morgan fingerprint density at radius 2 is 2.17 bits per heavy atom. The Kier molecular flexibility index (Phi) is 5.16. The zero-order valence-electron chi connectivity index (χ0n) is 10.8. The first-order chi connectivity index (χ1) is 8.83. The molecule has 18 heavy (non-hydrogen) atoms. The van der Waals surface area contributed by atoms with E-state index in [1.165, 1.54) is 12.8 Å². The molecule has 0 bridgehead atoms. The molecule has 2 atom stereocenters. The molecule has 1 aliphatic carbocycles. The van der Waals surface area contributed by atoms with Crippen LogP contribution >= 0.6 is 0 Å². The molecule has 0 radical (unpaired) electrons. The van der Waals surface area contributed by atoms with Crippen LogP contribution in [-0.4, -0.2) is 39.8 Å². The van der Waals surface area contributed by atoms with E-state index in [1.54, 1.807) is 4.68 Å². The molecule has 0 amide bonds. The van der Waals surface area contributed by atoms with E-state index in [9.17, 15) is 5.11 Å². The van der Waals surface area contributed by atoms with E-state index in [0.717, 1.165) is 25.1 Å². The van der Waals surface area contributed by atoms with Gasteiger partial charge in [-0.05, 0) is 31.2 Å². The zero-order valence-corrected chi connectivity index (χ0v) is 10.8. The van der Waals surface area contributed by atoms with Crippen LogP contribution in [0.3, 0.4) is 0 Å². The molecule has 1 aromatic heterocycles. The second kappa shape index (κ2) is 6.87. The van der Waals surface area contributed by atoms with Gasteiger partial charge in [0.1, 0.15) is 0 Å². The maximum absolute atomic E-state index is 9.25. The average molecular weight is 253 g/mol. The summed E-state index contributed by atoms with van der Waals surface area (Å²) in [7, 11) is 0. The number of nitrogens with zero attached hydrogens (tertiary/aromatic N) is 2. The van der Waals surface area contributed by atoms with Crippen LogP contribution in [-0.2, 0) is 13.1 Å². The highest BCUT2D eigenvalue weighted by atomic mass is 16.3. The predicted octanol–water partition coefficient (Wildman–Crippen LogP) is 0.374. The van der Waals surface area contributed by atoms with Crippen molar-refractivity contribution in [2.24, 2.45) is 11.8 Å². The molecule has 0 spiro atoms. The Balaban J connectivity index is 1.71. The van der Waals surface area contributed by atoms with Gasteiger partial charge in [-0.15, -0.1) is 0 Å². The summed E-state index contributed by atoms with van der Waals surface area (Å²) >= 11 is 0. The summed E-state index contributed by atoms with van der Waals surface area (Å²) in [6.45, 7) is 2.77. The summed E-state index contributed by atoms with van der Waals surface area (Å²) in [6.07, 6.45) is 7.42. The lowest BCUT2D eigenvalue weighted by molar-refractivity contribution is 0.192. The maximum Gasteiger partial charge on any atom is 0.0640 e. The van der Waals surface area contributed by atoms with Crippen LogP contribution in [0.15, 0.2) is 12.4 Å². The number of hydrogen-bond acceptors (Lipinski definition) is 4. The number of nitrogens with one attached hydrogen (secondary N) is 1. The summed E-state index contributed by atoms with van der Waals surface area (Å²) in [5, 5.41) is 25.7. The Morgan fingerprint density at radius 3 is 2.94 bits per heavy atom. The number of hydrogen-bond donors (Lipinski definition) is 3. The normalized spacial score (nSPS) is 23.7. The molecule has 1 saturated carbocycles. The highest BCUT2D eigenvalue weighted by molar-refractivity contribution is 5.03. The molecule has 1 fully saturated rings. The first kappa shape index (κ1) is 13.5. The minimum Gasteiger partial charge on any atom is -0.396 e. The lowest BCUT2D eigenvalue weighted by Gasteiger charge is -2.17. The van der Waals surface area contributed by atoms with Gasteiger partial charge in [-0.25, -0.2) is 0 Å². The number of rotatable bonds is 7. The van der Waals surface area contributed by atoms with E-state index in [-0.39, 0.29) is 6.61 Å². The molecule has 0 aliphatic heterocycles. The highest BCUT2D eigenvalue weighted by Gasteiger charge is 2.25. The average Bonchev–Trinajstić information content (AvgIpc) is 2.99. The van der Waals surface area contributed by atoms with Gasteiger partial charge in [0.2, 0.25) is 0 Å². The molecule has 0 aromatic carbocycles. The molecule has 0 saturated heterocycles. The first-order valence-corrected chi connectivity index (χ1v) is 6.77. The third-order valence-corrected chi connectivity index (χ3v) is 3.80. The van der Waals surface area contributed by atoms with Crippen molar-refractivity contribution in [2.75, 3.05) is 19.8 Å². The molecule has 2 rings (SSSR count). The fraction of sp³-hybridized carbons (Fsp3) is 0.769. The number of aliphatic hydroxyl groups excluding tert-OH is 2. The number of aromatic nitrogens is 2. The fourth-order valence-corrected chi connectivity index (χ4v) is 2.75. The molecule has 5 heteroatoms. The molecule has 1 heterocycles. The summed E-state index contributed by atoms with van der Waals surface area (Å²) < 4.78 is 1.75. The van der Waals surface area contributed by atoms with Gasteiger partial charge in [0.05, 0.1) is 19.3 Å². The van der Waals surface area contributed by atoms with Crippen LogP contribution in [0.4, 0.5) is 0 Å². The van der Waals surface area contributed by atoms with Gasteiger partial charge in [0.25, 0.3) is 0 Å². The third-order valence-electron chi connectivity index (χ3n) is 3.80. The van der Waals surface area contributed by atoms with Crippen LogP contribution in [0.1, 0.15) is 24.8 Å². The van der Waals surface area contributed by atoms with E-state index in [1.807, 2.05) is 12.4 Å². The van der Waals surface area contributed by atoms with Crippen LogP contribution in [0.5, 0.6) is 0 Å². The third kappa shape index (κ3) is 3.54. The zero-order chi connectivity index (χ0) is 12.8. The number of aliphatic hydroxyl groups is 2. The van der Waals surface area contributed by atoms with Crippen molar-refractivity contribution in [3.05, 3.63) is 18.0 Å². The van der Waals surface area contributed by atoms with Crippen LogP contribution < -0.4 is 5.32 Å². The largest absolute Gasteiger partial charge is 0.396 e. The van der Waals surface area contributed by atoms with E-state index >= 15 is 0 Å². The smallest absolute Gasteiger partial charge is 0.0640 e. The molecular weight excluding hydrogens is 230 g/mol. The standard InChI is InChI=1S/C13H23N3O2/c17-5-4-16-9-11(7-15-16)6-14-8-12-2-1-3-13(12)10-18/h7,9,12-14,17-18H,1-6,8,10H2. The monoisotopic (exact) mass is 253 g/mol. The second-order valence-corrected chi connectivity index (χ2v) is 5.10. The quantitative estimate of drug-likeness (QED) is 0.657. The van der Waals surface area contributed by atoms with Crippen molar-refractivity contribution in [2.45, 2.75) is 32.4 Å². The van der Waals surface area contributed by atoms with Crippen LogP contribution in [0, 0.1) is 11.8 Å². The predicted molar refractivity (Wildman–Crippen MR) is 68.9 cm³/mol. The van der Waals surface area contributed by atoms with Crippen molar-refractivity contribution in [1.29, 1.82) is 0 Å².